The predicted octanol–water partition coefficient (Wildman–Crippen LogP) is 1.60. The third-order valence-electron chi connectivity index (χ3n) is 2.27. The molecule has 0 radical (unpaired) electrons. The monoisotopic (exact) mass is 202 g/mol. The number of aryl methyl sites for hydroxylation is 1. The molecule has 4 nitrogen and oxygen atoms in total. The van der Waals surface area contributed by atoms with Crippen LogP contribution in [0.15, 0.2) is 31.0 Å². The molecule has 4 heteroatoms. The van der Waals surface area contributed by atoms with Gasteiger partial charge in [0.05, 0.1) is 30.1 Å². The quantitative estimate of drug-likeness (QED) is 0.804. The third-order valence-corrected chi connectivity index (χ3v) is 2.27. The first kappa shape index (κ1) is 9.86. The highest BCUT2D eigenvalue weighted by Gasteiger charge is 2.08. The van der Waals surface area contributed by atoms with Gasteiger partial charge < -0.3 is 10.3 Å². The van der Waals surface area contributed by atoms with Gasteiger partial charge in [0.2, 0.25) is 0 Å². The summed E-state index contributed by atoms with van der Waals surface area (Å²) in [4.78, 5) is 8.26. The Labute approximate surface area is 88.8 Å². The molecule has 2 N–H and O–H groups in total. The number of aromatic nitrogens is 3. The minimum atomic E-state index is -0.0342. The standard InChI is InChI=1S/C11H14N4/c1-8-3-10(5-13-4-8)15-7-14-6-11(15)9(2)12/h3-7,9H,12H2,1-2H3/t9-/m0/s1. The van der Waals surface area contributed by atoms with Gasteiger partial charge in [0.15, 0.2) is 0 Å². The zero-order valence-corrected chi connectivity index (χ0v) is 8.88. The SMILES string of the molecule is Cc1cncc(-n2cncc2[C@H](C)N)c1. The minimum absolute atomic E-state index is 0.0342. The number of pyridine rings is 1. The van der Waals surface area contributed by atoms with Gasteiger partial charge in [0.25, 0.3) is 0 Å². The molecule has 15 heavy (non-hydrogen) atoms. The molecule has 0 spiro atoms. The van der Waals surface area contributed by atoms with Gasteiger partial charge in [-0.3, -0.25) is 4.98 Å². The Bertz CT molecular complexity index is 459. The molecule has 0 aliphatic heterocycles. The van der Waals surface area contributed by atoms with Crippen molar-refractivity contribution in [1.82, 2.24) is 14.5 Å². The Morgan fingerprint density at radius 2 is 2.07 bits per heavy atom. The second kappa shape index (κ2) is 3.82. The van der Waals surface area contributed by atoms with Gasteiger partial charge in [-0.2, -0.15) is 0 Å². The fraction of sp³-hybridized carbons (Fsp3) is 0.273. The summed E-state index contributed by atoms with van der Waals surface area (Å²) in [6.45, 7) is 3.95. The van der Waals surface area contributed by atoms with E-state index in [1.165, 1.54) is 0 Å². The number of hydrogen-bond acceptors (Lipinski definition) is 3. The van der Waals surface area contributed by atoms with Crippen molar-refractivity contribution in [2.24, 2.45) is 5.73 Å². The van der Waals surface area contributed by atoms with Crippen LogP contribution in [0.25, 0.3) is 5.69 Å². The molecule has 0 saturated carbocycles. The summed E-state index contributed by atoms with van der Waals surface area (Å²) in [6.07, 6.45) is 7.18. The molecule has 2 rings (SSSR count). The van der Waals surface area contributed by atoms with Crippen molar-refractivity contribution in [3.8, 4) is 5.69 Å². The molecule has 78 valence electrons. The van der Waals surface area contributed by atoms with E-state index in [1.54, 1.807) is 18.7 Å². The largest absolute Gasteiger partial charge is 0.323 e. The summed E-state index contributed by atoms with van der Waals surface area (Å²) in [5.41, 5.74) is 8.96. The maximum absolute atomic E-state index is 5.85. The molecule has 1 atom stereocenters. The fourth-order valence-electron chi connectivity index (χ4n) is 1.53. The molecule has 2 aromatic rings. The molecule has 0 aliphatic carbocycles. The first-order chi connectivity index (χ1) is 7.18. The van der Waals surface area contributed by atoms with Gasteiger partial charge in [-0.05, 0) is 25.5 Å². The normalized spacial score (nSPS) is 12.7. The van der Waals surface area contributed by atoms with E-state index in [0.717, 1.165) is 16.9 Å². The van der Waals surface area contributed by atoms with Gasteiger partial charge in [-0.1, -0.05) is 0 Å². The Morgan fingerprint density at radius 3 is 2.73 bits per heavy atom. The van der Waals surface area contributed by atoms with Crippen LogP contribution >= 0.6 is 0 Å². The summed E-state index contributed by atoms with van der Waals surface area (Å²) >= 11 is 0. The molecular formula is C11H14N4. The minimum Gasteiger partial charge on any atom is -0.323 e. The van der Waals surface area contributed by atoms with Crippen molar-refractivity contribution in [1.29, 1.82) is 0 Å². The van der Waals surface area contributed by atoms with Crippen LogP contribution in [0.4, 0.5) is 0 Å². The lowest BCUT2D eigenvalue weighted by molar-refractivity contribution is 0.751. The third kappa shape index (κ3) is 1.89. The predicted molar refractivity (Wildman–Crippen MR) is 58.7 cm³/mol. The number of hydrogen-bond donors (Lipinski definition) is 1. The molecule has 0 unspecified atom stereocenters. The van der Waals surface area contributed by atoms with Crippen LogP contribution < -0.4 is 5.73 Å². The molecule has 0 amide bonds. The first-order valence-electron chi connectivity index (χ1n) is 4.88. The van der Waals surface area contributed by atoms with Gasteiger partial charge in [0, 0.05) is 12.2 Å². The van der Waals surface area contributed by atoms with E-state index in [1.807, 2.05) is 24.6 Å². The van der Waals surface area contributed by atoms with Crippen LogP contribution in [0.2, 0.25) is 0 Å². The van der Waals surface area contributed by atoms with Crippen LogP contribution in [0.3, 0.4) is 0 Å². The van der Waals surface area contributed by atoms with Gasteiger partial charge >= 0.3 is 0 Å². The molecule has 2 heterocycles. The molecule has 0 saturated heterocycles. The van der Waals surface area contributed by atoms with Crippen molar-refractivity contribution in [3.63, 3.8) is 0 Å². The van der Waals surface area contributed by atoms with Crippen molar-refractivity contribution < 1.29 is 0 Å². The molecule has 0 aliphatic rings. The molecular weight excluding hydrogens is 188 g/mol. The van der Waals surface area contributed by atoms with Crippen LogP contribution in [0.1, 0.15) is 24.2 Å². The fourth-order valence-corrected chi connectivity index (χ4v) is 1.53. The van der Waals surface area contributed by atoms with E-state index in [-0.39, 0.29) is 6.04 Å². The topological polar surface area (TPSA) is 56.7 Å². The van der Waals surface area contributed by atoms with Crippen molar-refractivity contribution in [2.75, 3.05) is 0 Å². The highest BCUT2D eigenvalue weighted by Crippen LogP contribution is 2.15. The van der Waals surface area contributed by atoms with E-state index in [4.69, 9.17) is 5.73 Å². The molecule has 0 fully saturated rings. The second-order valence-electron chi connectivity index (χ2n) is 3.70. The summed E-state index contributed by atoms with van der Waals surface area (Å²) in [7, 11) is 0. The highest BCUT2D eigenvalue weighted by molar-refractivity contribution is 5.34. The summed E-state index contributed by atoms with van der Waals surface area (Å²) < 4.78 is 1.96. The average Bonchev–Trinajstić information content (AvgIpc) is 2.65. The molecule has 0 bridgehead atoms. The van der Waals surface area contributed by atoms with Gasteiger partial charge in [-0.15, -0.1) is 0 Å². The van der Waals surface area contributed by atoms with Crippen LogP contribution in [0.5, 0.6) is 0 Å². The van der Waals surface area contributed by atoms with E-state index in [9.17, 15) is 0 Å². The Morgan fingerprint density at radius 1 is 1.27 bits per heavy atom. The van der Waals surface area contributed by atoms with E-state index in [2.05, 4.69) is 16.0 Å². The smallest absolute Gasteiger partial charge is 0.0995 e. The van der Waals surface area contributed by atoms with E-state index >= 15 is 0 Å². The van der Waals surface area contributed by atoms with Crippen molar-refractivity contribution >= 4 is 0 Å². The zero-order valence-electron chi connectivity index (χ0n) is 8.88. The average molecular weight is 202 g/mol. The Kier molecular flexibility index (Phi) is 2.51. The number of imidazole rings is 1. The van der Waals surface area contributed by atoms with Gasteiger partial charge in [-0.25, -0.2) is 4.98 Å². The number of nitrogens with two attached hydrogens (primary N) is 1. The zero-order chi connectivity index (χ0) is 10.8. The van der Waals surface area contributed by atoms with Crippen LogP contribution in [-0.4, -0.2) is 14.5 Å². The maximum atomic E-state index is 5.85. The first-order valence-corrected chi connectivity index (χ1v) is 4.88. The van der Waals surface area contributed by atoms with Crippen molar-refractivity contribution in [2.45, 2.75) is 19.9 Å². The lowest BCUT2D eigenvalue weighted by Gasteiger charge is -2.10. The lowest BCUT2D eigenvalue weighted by atomic mass is 10.2. The Balaban J connectivity index is 2.49. The molecule has 0 aromatic carbocycles. The summed E-state index contributed by atoms with van der Waals surface area (Å²) in [5.74, 6) is 0. The number of rotatable bonds is 2. The maximum Gasteiger partial charge on any atom is 0.0995 e. The lowest BCUT2D eigenvalue weighted by Crippen LogP contribution is -2.10. The second-order valence-corrected chi connectivity index (χ2v) is 3.70. The van der Waals surface area contributed by atoms with Crippen LogP contribution in [0, 0.1) is 6.92 Å². The highest BCUT2D eigenvalue weighted by atomic mass is 15.1. The van der Waals surface area contributed by atoms with Crippen molar-refractivity contribution in [3.05, 3.63) is 42.2 Å². The summed E-state index contributed by atoms with van der Waals surface area (Å²) in [5, 5.41) is 0. The van der Waals surface area contributed by atoms with E-state index in [0.29, 0.717) is 0 Å². The Hall–Kier alpha value is -1.68. The number of nitrogens with zero attached hydrogens (tertiary/aromatic N) is 3. The summed E-state index contributed by atoms with van der Waals surface area (Å²) in [6, 6.07) is 2.02. The van der Waals surface area contributed by atoms with E-state index < -0.39 is 0 Å². The van der Waals surface area contributed by atoms with Crippen LogP contribution in [-0.2, 0) is 0 Å². The molecule has 2 aromatic heterocycles. The van der Waals surface area contributed by atoms with Gasteiger partial charge in [0.1, 0.15) is 0 Å².